The van der Waals surface area contributed by atoms with Gasteiger partial charge in [0.25, 0.3) is 0 Å². The minimum atomic E-state index is -0.383. The zero-order valence-electron chi connectivity index (χ0n) is 9.81. The van der Waals surface area contributed by atoms with E-state index in [0.717, 1.165) is 22.2 Å². The summed E-state index contributed by atoms with van der Waals surface area (Å²) in [6, 6.07) is 7.92. The second kappa shape index (κ2) is 4.31. The second-order valence-corrected chi connectivity index (χ2v) is 4.33. The van der Waals surface area contributed by atoms with Crippen molar-refractivity contribution in [3.63, 3.8) is 0 Å². The van der Waals surface area contributed by atoms with Crippen LogP contribution in [0, 0.1) is 0 Å². The van der Waals surface area contributed by atoms with E-state index >= 15 is 0 Å². The number of para-hydroxylation sites is 1. The number of rotatable bonds is 3. The Hall–Kier alpha value is -2.07. The number of fused-ring (bicyclic) bond motifs is 3. The first-order valence-electron chi connectivity index (χ1n) is 5.84. The number of hydrogen-bond donors (Lipinski definition) is 1. The molecule has 2 aromatic rings. The molecule has 0 amide bonds. The van der Waals surface area contributed by atoms with Crippen LogP contribution in [-0.2, 0) is 21.0 Å². The van der Waals surface area contributed by atoms with E-state index in [2.05, 4.69) is 11.6 Å². The highest BCUT2D eigenvalue weighted by Crippen LogP contribution is 2.35. The zero-order chi connectivity index (χ0) is 12.5. The monoisotopic (exact) mass is 243 g/mol. The summed E-state index contributed by atoms with van der Waals surface area (Å²) in [7, 11) is 0. The Balaban J connectivity index is 2.09. The molecule has 18 heavy (non-hydrogen) atoms. The van der Waals surface area contributed by atoms with Gasteiger partial charge in [0.15, 0.2) is 6.10 Å². The molecule has 3 rings (SSSR count). The Labute approximate surface area is 104 Å². The lowest BCUT2D eigenvalue weighted by molar-refractivity contribution is -0.287. The maximum absolute atomic E-state index is 11.8. The topological polar surface area (TPSA) is 51.3 Å². The van der Waals surface area contributed by atoms with Crippen molar-refractivity contribution in [3.05, 3.63) is 48.4 Å². The summed E-state index contributed by atoms with van der Waals surface area (Å²) in [4.78, 5) is 25.0. The number of hydrogen-bond acceptors (Lipinski definition) is 3. The van der Waals surface area contributed by atoms with Crippen molar-refractivity contribution >= 4 is 16.7 Å². The Kier molecular flexibility index (Phi) is 2.64. The van der Waals surface area contributed by atoms with Crippen LogP contribution in [0.1, 0.15) is 23.8 Å². The Morgan fingerprint density at radius 1 is 1.39 bits per heavy atom. The number of carbonyl (C=O) groups excluding carboxylic acids is 1. The first-order valence-corrected chi connectivity index (χ1v) is 5.84. The number of benzene rings is 1. The number of aromatic amines is 1. The molecule has 1 aliphatic carbocycles. The van der Waals surface area contributed by atoms with Gasteiger partial charge in [0, 0.05) is 23.7 Å². The van der Waals surface area contributed by atoms with Crippen LogP contribution in [0.5, 0.6) is 0 Å². The van der Waals surface area contributed by atoms with Gasteiger partial charge in [-0.25, -0.2) is 0 Å². The summed E-state index contributed by atoms with van der Waals surface area (Å²) in [6.07, 6.45) is 1.61. The normalized spacial score (nSPS) is 18.7. The van der Waals surface area contributed by atoms with Crippen molar-refractivity contribution in [2.75, 3.05) is 0 Å². The maximum atomic E-state index is 11.8. The van der Waals surface area contributed by atoms with Crippen LogP contribution in [0.2, 0.25) is 0 Å². The Bertz CT molecular complexity index is 615. The van der Waals surface area contributed by atoms with E-state index in [1.54, 1.807) is 0 Å². The molecule has 0 saturated heterocycles. The third-order valence-corrected chi connectivity index (χ3v) is 3.20. The molecule has 0 spiro atoms. The fraction of sp³-hybridized carbons (Fsp3) is 0.214. The highest BCUT2D eigenvalue weighted by molar-refractivity contribution is 5.93. The lowest BCUT2D eigenvalue weighted by Crippen LogP contribution is -2.19. The average molecular weight is 243 g/mol. The molecule has 1 aromatic carbocycles. The molecular formula is C14H13NO3. The van der Waals surface area contributed by atoms with Crippen molar-refractivity contribution < 1.29 is 14.6 Å². The summed E-state index contributed by atoms with van der Waals surface area (Å²) in [5.41, 5.74) is 2.96. The first-order chi connectivity index (χ1) is 8.79. The Morgan fingerprint density at radius 2 is 2.22 bits per heavy atom. The minimum Gasteiger partial charge on any atom is -0.356 e. The standard InChI is InChI=1S/C14H13NO3/c1-2-17-18-13-8-9(16)7-11-10-5-3-4-6-12(10)15-14(11)13/h2-6,13,15H,1,7-8H2. The fourth-order valence-electron chi connectivity index (χ4n) is 2.45. The molecule has 4 heteroatoms. The van der Waals surface area contributed by atoms with Gasteiger partial charge in [-0.05, 0) is 11.6 Å². The molecule has 1 unspecified atom stereocenters. The molecule has 1 N–H and O–H groups in total. The van der Waals surface area contributed by atoms with E-state index in [-0.39, 0.29) is 11.9 Å². The number of ketones is 1. The van der Waals surface area contributed by atoms with Crippen LogP contribution in [0.4, 0.5) is 0 Å². The number of Topliss-reactive ketones (excluding diaryl/α,β-unsaturated/α-hetero) is 1. The highest BCUT2D eigenvalue weighted by atomic mass is 17.2. The van der Waals surface area contributed by atoms with E-state index in [1.165, 1.54) is 6.26 Å². The molecule has 0 bridgehead atoms. The SMILES string of the molecule is C=COOC1CC(=O)Cc2c1[nH]c1ccccc21. The molecule has 0 aliphatic heterocycles. The van der Waals surface area contributed by atoms with Crippen LogP contribution in [-0.4, -0.2) is 10.8 Å². The fourth-order valence-corrected chi connectivity index (χ4v) is 2.45. The molecule has 1 aliphatic rings. The van der Waals surface area contributed by atoms with E-state index < -0.39 is 0 Å². The predicted octanol–water partition coefficient (Wildman–Crippen LogP) is 2.82. The van der Waals surface area contributed by atoms with Gasteiger partial charge in [-0.2, -0.15) is 4.89 Å². The minimum absolute atomic E-state index is 0.157. The van der Waals surface area contributed by atoms with Gasteiger partial charge in [0.1, 0.15) is 12.0 Å². The number of aromatic nitrogens is 1. The van der Waals surface area contributed by atoms with Gasteiger partial charge in [-0.1, -0.05) is 24.8 Å². The molecule has 1 heterocycles. The van der Waals surface area contributed by atoms with Gasteiger partial charge in [-0.3, -0.25) is 4.79 Å². The molecule has 4 nitrogen and oxygen atoms in total. The van der Waals surface area contributed by atoms with Crippen molar-refractivity contribution in [3.8, 4) is 0 Å². The van der Waals surface area contributed by atoms with Crippen LogP contribution in [0.15, 0.2) is 37.1 Å². The lowest BCUT2D eigenvalue weighted by Gasteiger charge is -2.20. The summed E-state index contributed by atoms with van der Waals surface area (Å²) in [5.74, 6) is 0.157. The second-order valence-electron chi connectivity index (χ2n) is 4.33. The molecule has 1 atom stereocenters. The molecule has 0 fully saturated rings. The smallest absolute Gasteiger partial charge is 0.151 e. The summed E-state index contributed by atoms with van der Waals surface area (Å²) >= 11 is 0. The van der Waals surface area contributed by atoms with Crippen molar-refractivity contribution in [2.24, 2.45) is 0 Å². The van der Waals surface area contributed by atoms with Crippen LogP contribution >= 0.6 is 0 Å². The van der Waals surface area contributed by atoms with Gasteiger partial charge < -0.3 is 9.87 Å². The maximum Gasteiger partial charge on any atom is 0.151 e. The van der Waals surface area contributed by atoms with Crippen molar-refractivity contribution in [1.29, 1.82) is 0 Å². The van der Waals surface area contributed by atoms with Gasteiger partial charge in [-0.15, -0.1) is 0 Å². The lowest BCUT2D eigenvalue weighted by atomic mass is 9.92. The van der Waals surface area contributed by atoms with Gasteiger partial charge in [0.05, 0.1) is 5.69 Å². The molecule has 0 saturated carbocycles. The van der Waals surface area contributed by atoms with E-state index in [4.69, 9.17) is 9.78 Å². The van der Waals surface area contributed by atoms with Gasteiger partial charge >= 0.3 is 0 Å². The summed E-state index contributed by atoms with van der Waals surface area (Å²) in [5, 5.41) is 1.08. The van der Waals surface area contributed by atoms with Crippen molar-refractivity contribution in [1.82, 2.24) is 4.98 Å². The van der Waals surface area contributed by atoms with E-state index in [1.807, 2.05) is 24.3 Å². The van der Waals surface area contributed by atoms with Crippen LogP contribution in [0.25, 0.3) is 10.9 Å². The zero-order valence-corrected chi connectivity index (χ0v) is 9.81. The summed E-state index contributed by atoms with van der Waals surface area (Å²) in [6.45, 7) is 3.42. The van der Waals surface area contributed by atoms with Gasteiger partial charge in [0.2, 0.25) is 0 Å². The van der Waals surface area contributed by atoms with Crippen LogP contribution < -0.4 is 0 Å². The quantitative estimate of drug-likeness (QED) is 0.512. The molecule has 92 valence electrons. The average Bonchev–Trinajstić information content (AvgIpc) is 2.75. The van der Waals surface area contributed by atoms with Crippen LogP contribution in [0.3, 0.4) is 0 Å². The summed E-state index contributed by atoms with van der Waals surface area (Å²) < 4.78 is 0. The number of carbonyl (C=O) groups is 1. The molecule has 1 aromatic heterocycles. The van der Waals surface area contributed by atoms with E-state index in [0.29, 0.717) is 12.8 Å². The largest absolute Gasteiger partial charge is 0.356 e. The molecular weight excluding hydrogens is 230 g/mol. The van der Waals surface area contributed by atoms with E-state index in [9.17, 15) is 4.79 Å². The third kappa shape index (κ3) is 1.71. The highest BCUT2D eigenvalue weighted by Gasteiger charge is 2.30. The molecule has 0 radical (unpaired) electrons. The van der Waals surface area contributed by atoms with Crippen molar-refractivity contribution in [2.45, 2.75) is 18.9 Å². The Morgan fingerprint density at radius 3 is 3.06 bits per heavy atom. The first kappa shape index (κ1) is 11.0. The number of nitrogens with one attached hydrogen (secondary N) is 1. The number of H-pyrrole nitrogens is 1. The third-order valence-electron chi connectivity index (χ3n) is 3.20. The predicted molar refractivity (Wildman–Crippen MR) is 66.7 cm³/mol.